The van der Waals surface area contributed by atoms with Gasteiger partial charge in [-0.05, 0) is 36.1 Å². The summed E-state index contributed by atoms with van der Waals surface area (Å²) in [5.74, 6) is 1.07. The molecule has 1 N–H and O–H groups in total. The van der Waals surface area contributed by atoms with Crippen molar-refractivity contribution in [1.29, 1.82) is 0 Å². The summed E-state index contributed by atoms with van der Waals surface area (Å²) in [6, 6.07) is 17.7. The lowest BCUT2D eigenvalue weighted by atomic mass is 10.1. The molecule has 3 rings (SSSR count). The molecule has 0 unspecified atom stereocenters. The zero-order chi connectivity index (χ0) is 18.9. The molecule has 1 aliphatic heterocycles. The summed E-state index contributed by atoms with van der Waals surface area (Å²) in [7, 11) is 0. The molecule has 0 radical (unpaired) electrons. The Kier molecular flexibility index (Phi) is 6.85. The van der Waals surface area contributed by atoms with Crippen LogP contribution in [0.3, 0.4) is 0 Å². The summed E-state index contributed by atoms with van der Waals surface area (Å²) in [5.41, 5.74) is 2.15. The lowest BCUT2D eigenvalue weighted by Gasteiger charge is -2.16. The minimum atomic E-state index is 0.0202. The van der Waals surface area contributed by atoms with Gasteiger partial charge in [-0.3, -0.25) is 9.59 Å². The number of rotatable bonds is 9. The molecule has 0 bridgehead atoms. The number of benzene rings is 2. The second kappa shape index (κ2) is 9.76. The highest BCUT2D eigenvalue weighted by Crippen LogP contribution is 2.15. The SMILES string of the molecule is O=C(CCCOc1ccccc1)NCc1cccc(CN2CCCC2=O)c1. The first-order valence-corrected chi connectivity index (χ1v) is 9.51. The first-order chi connectivity index (χ1) is 13.2. The molecular formula is C22H26N2O3. The van der Waals surface area contributed by atoms with Crippen LogP contribution in [0.15, 0.2) is 54.6 Å². The van der Waals surface area contributed by atoms with Gasteiger partial charge in [-0.25, -0.2) is 0 Å². The van der Waals surface area contributed by atoms with Crippen molar-refractivity contribution in [3.05, 3.63) is 65.7 Å². The molecule has 0 saturated carbocycles. The summed E-state index contributed by atoms with van der Waals surface area (Å²) in [6.07, 6.45) is 2.72. The molecule has 2 aromatic rings. The third-order valence-electron chi connectivity index (χ3n) is 4.59. The Morgan fingerprint density at radius 1 is 1.07 bits per heavy atom. The van der Waals surface area contributed by atoms with Crippen molar-refractivity contribution in [2.24, 2.45) is 0 Å². The minimum absolute atomic E-state index is 0.0202. The maximum absolute atomic E-state index is 12.0. The van der Waals surface area contributed by atoms with Crippen molar-refractivity contribution < 1.29 is 14.3 Å². The van der Waals surface area contributed by atoms with Crippen LogP contribution in [0.5, 0.6) is 5.75 Å². The van der Waals surface area contributed by atoms with E-state index >= 15 is 0 Å². The molecule has 5 heteroatoms. The quantitative estimate of drug-likeness (QED) is 0.693. The van der Waals surface area contributed by atoms with Gasteiger partial charge in [0.05, 0.1) is 6.61 Å². The van der Waals surface area contributed by atoms with E-state index in [1.165, 1.54) is 0 Å². The summed E-state index contributed by atoms with van der Waals surface area (Å²) in [6.45, 7) is 2.51. The average molecular weight is 366 g/mol. The monoisotopic (exact) mass is 366 g/mol. The van der Waals surface area contributed by atoms with E-state index in [-0.39, 0.29) is 11.8 Å². The Morgan fingerprint density at radius 3 is 2.67 bits per heavy atom. The molecule has 27 heavy (non-hydrogen) atoms. The van der Waals surface area contributed by atoms with Crippen LogP contribution in [0.2, 0.25) is 0 Å². The molecule has 0 spiro atoms. The maximum Gasteiger partial charge on any atom is 0.222 e. The van der Waals surface area contributed by atoms with Crippen molar-refractivity contribution >= 4 is 11.8 Å². The Bertz CT molecular complexity index is 761. The van der Waals surface area contributed by atoms with Gasteiger partial charge in [0.1, 0.15) is 5.75 Å². The second-order valence-corrected chi connectivity index (χ2v) is 6.78. The van der Waals surface area contributed by atoms with Crippen molar-refractivity contribution in [2.45, 2.75) is 38.8 Å². The van der Waals surface area contributed by atoms with Gasteiger partial charge in [-0.1, -0.05) is 42.5 Å². The third kappa shape index (κ3) is 6.13. The molecule has 0 aliphatic carbocycles. The Labute approximate surface area is 160 Å². The van der Waals surface area contributed by atoms with Crippen molar-refractivity contribution in [3.8, 4) is 5.75 Å². The fraction of sp³-hybridized carbons (Fsp3) is 0.364. The number of nitrogens with zero attached hydrogens (tertiary/aromatic N) is 1. The van der Waals surface area contributed by atoms with Gasteiger partial charge in [-0.2, -0.15) is 0 Å². The fourth-order valence-electron chi connectivity index (χ4n) is 3.16. The standard InChI is InChI=1S/C22H26N2O3/c25-21(11-6-14-27-20-9-2-1-3-10-20)23-16-18-7-4-8-19(15-18)17-24-13-5-12-22(24)26/h1-4,7-10,15H,5-6,11-14,16-17H2,(H,23,25). The van der Waals surface area contributed by atoms with Crippen LogP contribution < -0.4 is 10.1 Å². The lowest BCUT2D eigenvalue weighted by molar-refractivity contribution is -0.128. The number of hydrogen-bond donors (Lipinski definition) is 1. The first kappa shape index (κ1) is 19.0. The summed E-state index contributed by atoms with van der Waals surface area (Å²) in [4.78, 5) is 25.7. The van der Waals surface area contributed by atoms with E-state index in [9.17, 15) is 9.59 Å². The van der Waals surface area contributed by atoms with Crippen LogP contribution in [0.4, 0.5) is 0 Å². The average Bonchev–Trinajstić information content (AvgIpc) is 3.09. The van der Waals surface area contributed by atoms with Gasteiger partial charge in [-0.15, -0.1) is 0 Å². The van der Waals surface area contributed by atoms with Crippen LogP contribution in [0, 0.1) is 0 Å². The van der Waals surface area contributed by atoms with Crippen molar-refractivity contribution in [2.75, 3.05) is 13.2 Å². The maximum atomic E-state index is 12.0. The van der Waals surface area contributed by atoms with Gasteiger partial charge >= 0.3 is 0 Å². The Balaban J connectivity index is 1.37. The smallest absolute Gasteiger partial charge is 0.222 e. The summed E-state index contributed by atoms with van der Waals surface area (Å²) in [5, 5.41) is 2.95. The zero-order valence-electron chi connectivity index (χ0n) is 15.5. The molecule has 2 amide bonds. The predicted molar refractivity (Wildman–Crippen MR) is 104 cm³/mol. The fourth-order valence-corrected chi connectivity index (χ4v) is 3.16. The normalized spacial score (nSPS) is 13.6. The first-order valence-electron chi connectivity index (χ1n) is 9.51. The van der Waals surface area contributed by atoms with E-state index in [1.54, 1.807) is 0 Å². The Hall–Kier alpha value is -2.82. The van der Waals surface area contributed by atoms with Crippen molar-refractivity contribution in [1.82, 2.24) is 10.2 Å². The largest absolute Gasteiger partial charge is 0.494 e. The van der Waals surface area contributed by atoms with E-state index in [4.69, 9.17) is 4.74 Å². The van der Waals surface area contributed by atoms with Gasteiger partial charge in [0.25, 0.3) is 0 Å². The number of likely N-dealkylation sites (tertiary alicyclic amines) is 1. The van der Waals surface area contributed by atoms with Crippen LogP contribution in [0.25, 0.3) is 0 Å². The lowest BCUT2D eigenvalue weighted by Crippen LogP contribution is -2.24. The van der Waals surface area contributed by atoms with Gasteiger partial charge in [0, 0.05) is 32.5 Å². The highest BCUT2D eigenvalue weighted by molar-refractivity contribution is 5.78. The van der Waals surface area contributed by atoms with Crippen molar-refractivity contribution in [3.63, 3.8) is 0 Å². The van der Waals surface area contributed by atoms with Gasteiger partial charge in [0.15, 0.2) is 0 Å². The number of amides is 2. The van der Waals surface area contributed by atoms with Crippen LogP contribution in [0.1, 0.15) is 36.8 Å². The molecule has 1 aliphatic rings. The van der Waals surface area contributed by atoms with Gasteiger partial charge in [0.2, 0.25) is 11.8 Å². The highest BCUT2D eigenvalue weighted by Gasteiger charge is 2.19. The number of ether oxygens (including phenoxy) is 1. The topological polar surface area (TPSA) is 58.6 Å². The van der Waals surface area contributed by atoms with E-state index in [2.05, 4.69) is 11.4 Å². The molecular weight excluding hydrogens is 340 g/mol. The Morgan fingerprint density at radius 2 is 1.89 bits per heavy atom. The van der Waals surface area contributed by atoms with Crippen LogP contribution >= 0.6 is 0 Å². The van der Waals surface area contributed by atoms with E-state index in [1.807, 2.05) is 53.4 Å². The summed E-state index contributed by atoms with van der Waals surface area (Å²) >= 11 is 0. The van der Waals surface area contributed by atoms with Crippen LogP contribution in [-0.2, 0) is 22.7 Å². The molecule has 1 fully saturated rings. The number of hydrogen-bond acceptors (Lipinski definition) is 3. The molecule has 0 atom stereocenters. The molecule has 1 saturated heterocycles. The predicted octanol–water partition coefficient (Wildman–Crippen LogP) is 3.28. The van der Waals surface area contributed by atoms with Gasteiger partial charge < -0.3 is 15.0 Å². The van der Waals surface area contributed by atoms with Crippen LogP contribution in [-0.4, -0.2) is 29.9 Å². The number of para-hydroxylation sites is 1. The molecule has 5 nitrogen and oxygen atoms in total. The highest BCUT2D eigenvalue weighted by atomic mass is 16.5. The van der Waals surface area contributed by atoms with E-state index < -0.39 is 0 Å². The number of nitrogens with one attached hydrogen (secondary N) is 1. The third-order valence-corrected chi connectivity index (χ3v) is 4.59. The number of carbonyl (C=O) groups excluding carboxylic acids is 2. The van der Waals surface area contributed by atoms with E-state index in [0.717, 1.165) is 29.8 Å². The molecule has 1 heterocycles. The molecule has 2 aromatic carbocycles. The number of carbonyl (C=O) groups is 2. The molecule has 0 aromatic heterocycles. The minimum Gasteiger partial charge on any atom is -0.494 e. The zero-order valence-corrected chi connectivity index (χ0v) is 15.5. The summed E-state index contributed by atoms with van der Waals surface area (Å²) < 4.78 is 5.59. The molecule has 142 valence electrons. The second-order valence-electron chi connectivity index (χ2n) is 6.78. The van der Waals surface area contributed by atoms with E-state index in [0.29, 0.717) is 39.0 Å².